The quantitative estimate of drug-likeness (QED) is 0.216. The molecule has 0 spiro atoms. The topological polar surface area (TPSA) is 77.5 Å². The second-order valence-corrected chi connectivity index (χ2v) is 15.8. The van der Waals surface area contributed by atoms with Gasteiger partial charge in [-0.1, -0.05) is 60.7 Å². The number of nitrogens with zero attached hydrogens (tertiary/aromatic N) is 2. The molecule has 2 fully saturated rings. The summed E-state index contributed by atoms with van der Waals surface area (Å²) >= 11 is 0. The largest absolute Gasteiger partial charge is 0.373 e. The van der Waals surface area contributed by atoms with Gasteiger partial charge in [-0.3, -0.25) is 0 Å². The maximum Gasteiger partial charge on any atom is 0.357 e. The fraction of sp³-hybridized carbons (Fsp3) is 0.500. The first kappa shape index (κ1) is 35.7. The first-order chi connectivity index (χ1) is 22.6. The van der Waals surface area contributed by atoms with Crippen molar-refractivity contribution in [1.82, 2.24) is 10.1 Å². The SMILES string of the molecule is CC1(C)CC(OCc2ccc(COC3CC(C)(C)N(OC(=O)c4ccccc4)C(C)(C)C3)cc2)CC(C)(C)N1OC(=O)c1ccccc1. The third-order valence-corrected chi connectivity index (χ3v) is 9.47. The molecule has 48 heavy (non-hydrogen) atoms. The molecule has 2 saturated heterocycles. The van der Waals surface area contributed by atoms with Crippen molar-refractivity contribution >= 4 is 11.9 Å². The van der Waals surface area contributed by atoms with Gasteiger partial charge >= 0.3 is 11.9 Å². The Kier molecular flexibility index (Phi) is 10.5. The lowest BCUT2D eigenvalue weighted by molar-refractivity contribution is -0.260. The van der Waals surface area contributed by atoms with Gasteiger partial charge < -0.3 is 19.1 Å². The summed E-state index contributed by atoms with van der Waals surface area (Å²) in [5, 5.41) is 3.71. The molecule has 0 bridgehead atoms. The molecule has 0 radical (unpaired) electrons. The highest BCUT2D eigenvalue weighted by atomic mass is 16.7. The molecule has 8 nitrogen and oxygen atoms in total. The van der Waals surface area contributed by atoms with Gasteiger partial charge in [0, 0.05) is 0 Å². The van der Waals surface area contributed by atoms with Crippen molar-refractivity contribution in [3.05, 3.63) is 107 Å². The van der Waals surface area contributed by atoms with E-state index in [0.29, 0.717) is 24.3 Å². The average molecular weight is 657 g/mol. The monoisotopic (exact) mass is 656 g/mol. The van der Waals surface area contributed by atoms with Gasteiger partial charge in [-0.05, 0) is 116 Å². The van der Waals surface area contributed by atoms with E-state index in [1.54, 1.807) is 24.3 Å². The third-order valence-electron chi connectivity index (χ3n) is 9.47. The highest BCUT2D eigenvalue weighted by molar-refractivity contribution is 5.89. The fourth-order valence-corrected chi connectivity index (χ4v) is 7.65. The number of benzene rings is 3. The lowest BCUT2D eigenvalue weighted by atomic mass is 9.80. The summed E-state index contributed by atoms with van der Waals surface area (Å²) < 4.78 is 12.9. The highest BCUT2D eigenvalue weighted by Crippen LogP contribution is 2.42. The molecule has 8 heteroatoms. The molecule has 0 saturated carbocycles. The molecule has 2 aliphatic heterocycles. The zero-order valence-electron chi connectivity index (χ0n) is 29.8. The summed E-state index contributed by atoms with van der Waals surface area (Å²) in [7, 11) is 0. The Balaban J connectivity index is 1.11. The van der Waals surface area contributed by atoms with Crippen molar-refractivity contribution < 1.29 is 28.7 Å². The van der Waals surface area contributed by atoms with Crippen LogP contribution in [0.25, 0.3) is 0 Å². The lowest BCUT2D eigenvalue weighted by Gasteiger charge is -2.52. The average Bonchev–Trinajstić information content (AvgIpc) is 3.03. The van der Waals surface area contributed by atoms with Crippen molar-refractivity contribution in [3.8, 4) is 0 Å². The second kappa shape index (κ2) is 14.1. The predicted octanol–water partition coefficient (Wildman–Crippen LogP) is 8.31. The molecule has 0 N–H and O–H groups in total. The Hall–Kier alpha value is -3.56. The molecule has 3 aromatic rings. The van der Waals surface area contributed by atoms with E-state index >= 15 is 0 Å². The van der Waals surface area contributed by atoms with E-state index in [9.17, 15) is 9.59 Å². The summed E-state index contributed by atoms with van der Waals surface area (Å²) in [6.45, 7) is 17.8. The van der Waals surface area contributed by atoms with Crippen LogP contribution in [0.3, 0.4) is 0 Å². The first-order valence-electron chi connectivity index (χ1n) is 17.0. The Morgan fingerprint density at radius 2 is 0.812 bits per heavy atom. The smallest absolute Gasteiger partial charge is 0.357 e. The van der Waals surface area contributed by atoms with Gasteiger partial charge in [-0.25, -0.2) is 9.59 Å². The summed E-state index contributed by atoms with van der Waals surface area (Å²) in [4.78, 5) is 37.7. The zero-order chi connectivity index (χ0) is 34.7. The van der Waals surface area contributed by atoms with Crippen LogP contribution in [0.15, 0.2) is 84.9 Å². The molecule has 0 aliphatic carbocycles. The number of ether oxygens (including phenoxy) is 2. The van der Waals surface area contributed by atoms with E-state index in [2.05, 4.69) is 79.7 Å². The van der Waals surface area contributed by atoms with E-state index in [-0.39, 0.29) is 24.1 Å². The van der Waals surface area contributed by atoms with Crippen molar-refractivity contribution in [2.45, 2.75) is 129 Å². The maximum absolute atomic E-state index is 12.9. The molecular formula is C40H52N2O6. The van der Waals surface area contributed by atoms with Crippen LogP contribution >= 0.6 is 0 Å². The van der Waals surface area contributed by atoms with Crippen molar-refractivity contribution in [1.29, 1.82) is 0 Å². The van der Waals surface area contributed by atoms with Gasteiger partial charge in [0.15, 0.2) is 0 Å². The molecule has 258 valence electrons. The van der Waals surface area contributed by atoms with E-state index in [1.807, 2.05) is 46.5 Å². The number of carbonyl (C=O) groups excluding carboxylic acids is 2. The summed E-state index contributed by atoms with van der Waals surface area (Å²) in [5.74, 6) is -0.690. The number of hydrogen-bond acceptors (Lipinski definition) is 8. The predicted molar refractivity (Wildman–Crippen MR) is 186 cm³/mol. The highest BCUT2D eigenvalue weighted by Gasteiger charge is 2.50. The van der Waals surface area contributed by atoms with Crippen LogP contribution in [0, 0.1) is 0 Å². The standard InChI is InChI=1S/C40H52N2O6/c1-37(2)23-33(24-38(3,4)41(37)47-35(43)31-15-11-9-12-16-31)45-27-29-19-21-30(22-20-29)28-46-34-25-39(5,6)42(40(7,8)26-34)48-36(44)32-17-13-10-14-18-32/h9-22,33-34H,23-28H2,1-8H3. The van der Waals surface area contributed by atoms with Gasteiger partial charge in [0.25, 0.3) is 0 Å². The van der Waals surface area contributed by atoms with Crippen molar-refractivity contribution in [2.75, 3.05) is 0 Å². The molecule has 2 heterocycles. The molecule has 0 aromatic heterocycles. The van der Waals surface area contributed by atoms with Crippen molar-refractivity contribution in [3.63, 3.8) is 0 Å². The fourth-order valence-electron chi connectivity index (χ4n) is 7.65. The number of carbonyl (C=O) groups is 2. The Morgan fingerprint density at radius 3 is 1.10 bits per heavy atom. The number of hydroxylamine groups is 4. The summed E-state index contributed by atoms with van der Waals surface area (Å²) in [6, 6.07) is 26.6. The van der Waals surface area contributed by atoms with Gasteiger partial charge in [0.1, 0.15) is 0 Å². The molecular weight excluding hydrogens is 604 g/mol. The van der Waals surface area contributed by atoms with Crippen LogP contribution in [0.5, 0.6) is 0 Å². The molecule has 2 aliphatic rings. The van der Waals surface area contributed by atoms with Crippen LogP contribution < -0.4 is 0 Å². The minimum absolute atomic E-state index is 0.0224. The summed E-state index contributed by atoms with van der Waals surface area (Å²) in [6.07, 6.45) is 2.99. The van der Waals surface area contributed by atoms with Crippen molar-refractivity contribution in [2.24, 2.45) is 0 Å². The van der Waals surface area contributed by atoms with Crippen LogP contribution in [0.2, 0.25) is 0 Å². The maximum atomic E-state index is 12.9. The molecule has 0 atom stereocenters. The minimum atomic E-state index is -0.402. The molecule has 0 amide bonds. The number of piperidine rings is 2. The number of hydrogen-bond donors (Lipinski definition) is 0. The Labute approximate surface area is 286 Å². The van der Waals surface area contributed by atoms with E-state index in [1.165, 1.54) is 0 Å². The Morgan fingerprint density at radius 1 is 0.521 bits per heavy atom. The van der Waals surface area contributed by atoms with Crippen LogP contribution in [0.1, 0.15) is 113 Å². The van der Waals surface area contributed by atoms with Crippen LogP contribution in [-0.2, 0) is 32.4 Å². The third kappa shape index (κ3) is 8.53. The minimum Gasteiger partial charge on any atom is -0.373 e. The molecule has 5 rings (SSSR count). The van der Waals surface area contributed by atoms with E-state index < -0.39 is 22.2 Å². The zero-order valence-corrected chi connectivity index (χ0v) is 29.8. The van der Waals surface area contributed by atoms with Gasteiger partial charge in [-0.15, -0.1) is 10.1 Å². The second-order valence-electron chi connectivity index (χ2n) is 15.8. The lowest BCUT2D eigenvalue weighted by Crippen LogP contribution is -2.62. The number of rotatable bonds is 10. The van der Waals surface area contributed by atoms with Crippen LogP contribution in [-0.4, -0.2) is 56.4 Å². The van der Waals surface area contributed by atoms with Gasteiger partial charge in [-0.2, -0.15) is 0 Å². The first-order valence-corrected chi connectivity index (χ1v) is 17.0. The normalized spacial score (nSPS) is 21.0. The summed E-state index contributed by atoms with van der Waals surface area (Å²) in [5.41, 5.74) is 1.67. The van der Waals surface area contributed by atoms with Gasteiger partial charge in [0.05, 0.1) is 58.7 Å². The molecule has 0 unspecified atom stereocenters. The Bertz CT molecular complexity index is 1380. The van der Waals surface area contributed by atoms with E-state index in [4.69, 9.17) is 19.1 Å². The van der Waals surface area contributed by atoms with E-state index in [0.717, 1.165) is 36.8 Å². The van der Waals surface area contributed by atoms with Gasteiger partial charge in [0.2, 0.25) is 0 Å². The molecule has 3 aromatic carbocycles. The van der Waals surface area contributed by atoms with Crippen LogP contribution in [0.4, 0.5) is 0 Å².